The number of aliphatic carboxylic acids is 1. The van der Waals surface area contributed by atoms with Crippen molar-refractivity contribution in [2.75, 3.05) is 27.3 Å². The van der Waals surface area contributed by atoms with Gasteiger partial charge in [0.15, 0.2) is 0 Å². The smallest absolute Gasteiger partial charge is 0.305 e. The number of hydrogen-bond acceptors (Lipinski definition) is 3. The first-order chi connectivity index (χ1) is 7.60. The van der Waals surface area contributed by atoms with Gasteiger partial charge in [-0.1, -0.05) is 19.3 Å². The standard InChI is InChI=1S/C12H23NO3/c1-13(8-9-16-2)12(10-11(14)15)6-4-3-5-7-12/h3-10H2,1-2H3,(H,14,15). The molecule has 1 N–H and O–H groups in total. The zero-order chi connectivity index (χ0) is 12.0. The molecule has 1 aliphatic rings. The molecule has 4 heteroatoms. The van der Waals surface area contributed by atoms with E-state index in [0.717, 1.165) is 32.2 Å². The third kappa shape index (κ3) is 3.46. The van der Waals surface area contributed by atoms with Gasteiger partial charge >= 0.3 is 5.97 Å². The monoisotopic (exact) mass is 229 g/mol. The van der Waals surface area contributed by atoms with Crippen LogP contribution in [0.25, 0.3) is 0 Å². The predicted molar refractivity (Wildman–Crippen MR) is 62.6 cm³/mol. The van der Waals surface area contributed by atoms with Gasteiger partial charge in [-0.25, -0.2) is 0 Å². The fourth-order valence-electron chi connectivity index (χ4n) is 2.65. The maximum absolute atomic E-state index is 11.0. The number of ether oxygens (including phenoxy) is 1. The Morgan fingerprint density at radius 1 is 1.38 bits per heavy atom. The van der Waals surface area contributed by atoms with Crippen molar-refractivity contribution in [3.63, 3.8) is 0 Å². The van der Waals surface area contributed by atoms with Crippen molar-refractivity contribution < 1.29 is 14.6 Å². The predicted octanol–water partition coefficient (Wildman–Crippen LogP) is 1.74. The molecule has 0 heterocycles. The van der Waals surface area contributed by atoms with Crippen LogP contribution >= 0.6 is 0 Å². The molecular formula is C12H23NO3. The largest absolute Gasteiger partial charge is 0.481 e. The zero-order valence-electron chi connectivity index (χ0n) is 10.4. The van der Waals surface area contributed by atoms with Crippen LogP contribution in [0.3, 0.4) is 0 Å². The van der Waals surface area contributed by atoms with Gasteiger partial charge in [0.25, 0.3) is 0 Å². The van der Waals surface area contributed by atoms with Crippen LogP contribution in [0.5, 0.6) is 0 Å². The van der Waals surface area contributed by atoms with Gasteiger partial charge in [0.2, 0.25) is 0 Å². The Morgan fingerprint density at radius 3 is 2.50 bits per heavy atom. The molecule has 1 aliphatic carbocycles. The van der Waals surface area contributed by atoms with Crippen LogP contribution in [-0.2, 0) is 9.53 Å². The summed E-state index contributed by atoms with van der Waals surface area (Å²) in [5.74, 6) is -0.689. The molecule has 0 bridgehead atoms. The number of carboxylic acids is 1. The van der Waals surface area contributed by atoms with Gasteiger partial charge < -0.3 is 9.84 Å². The van der Waals surface area contributed by atoms with Crippen LogP contribution < -0.4 is 0 Å². The fourth-order valence-corrected chi connectivity index (χ4v) is 2.65. The summed E-state index contributed by atoms with van der Waals surface area (Å²) in [6, 6.07) is 0. The summed E-state index contributed by atoms with van der Waals surface area (Å²) in [6.07, 6.45) is 5.78. The highest BCUT2D eigenvalue weighted by Gasteiger charge is 2.37. The molecule has 0 spiro atoms. The summed E-state index contributed by atoms with van der Waals surface area (Å²) in [5, 5.41) is 9.05. The van der Waals surface area contributed by atoms with E-state index in [4.69, 9.17) is 9.84 Å². The van der Waals surface area contributed by atoms with Crippen molar-refractivity contribution in [3.05, 3.63) is 0 Å². The van der Waals surface area contributed by atoms with Crippen molar-refractivity contribution in [1.82, 2.24) is 4.90 Å². The Hall–Kier alpha value is -0.610. The summed E-state index contributed by atoms with van der Waals surface area (Å²) >= 11 is 0. The number of carboxylic acid groups (broad SMARTS) is 1. The van der Waals surface area contributed by atoms with Gasteiger partial charge in [0.05, 0.1) is 13.0 Å². The molecule has 0 aromatic heterocycles. The van der Waals surface area contributed by atoms with Gasteiger partial charge in [0.1, 0.15) is 0 Å². The maximum atomic E-state index is 11.0. The van der Waals surface area contributed by atoms with E-state index < -0.39 is 5.97 Å². The Bertz CT molecular complexity index is 224. The molecule has 1 fully saturated rings. The Labute approximate surface area is 97.6 Å². The second kappa shape index (κ2) is 6.21. The van der Waals surface area contributed by atoms with Crippen LogP contribution in [-0.4, -0.2) is 48.8 Å². The lowest BCUT2D eigenvalue weighted by Gasteiger charge is -2.43. The number of likely N-dealkylation sites (N-methyl/N-ethyl adjacent to an activating group) is 1. The highest BCUT2D eigenvalue weighted by Crippen LogP contribution is 2.35. The van der Waals surface area contributed by atoms with Gasteiger partial charge in [-0.3, -0.25) is 9.69 Å². The van der Waals surface area contributed by atoms with Crippen molar-refractivity contribution in [2.45, 2.75) is 44.1 Å². The Morgan fingerprint density at radius 2 is 2.00 bits per heavy atom. The topological polar surface area (TPSA) is 49.8 Å². The number of rotatable bonds is 6. The number of nitrogens with zero attached hydrogens (tertiary/aromatic N) is 1. The van der Waals surface area contributed by atoms with E-state index in [0.29, 0.717) is 6.61 Å². The van der Waals surface area contributed by atoms with Crippen LogP contribution in [0.15, 0.2) is 0 Å². The highest BCUT2D eigenvalue weighted by molar-refractivity contribution is 5.68. The normalized spacial score (nSPS) is 19.9. The van der Waals surface area contributed by atoms with Crippen molar-refractivity contribution in [3.8, 4) is 0 Å². The number of hydrogen-bond donors (Lipinski definition) is 1. The van der Waals surface area contributed by atoms with E-state index in [-0.39, 0.29) is 12.0 Å². The molecule has 0 aromatic rings. The van der Waals surface area contributed by atoms with Crippen molar-refractivity contribution in [1.29, 1.82) is 0 Å². The van der Waals surface area contributed by atoms with Crippen molar-refractivity contribution >= 4 is 5.97 Å². The Balaban J connectivity index is 2.64. The second-order valence-electron chi connectivity index (χ2n) is 4.77. The van der Waals surface area contributed by atoms with Crippen LogP contribution in [0.2, 0.25) is 0 Å². The van der Waals surface area contributed by atoms with Gasteiger partial charge in [-0.15, -0.1) is 0 Å². The molecule has 1 rings (SSSR count). The molecule has 0 atom stereocenters. The van der Waals surface area contributed by atoms with Crippen LogP contribution in [0.1, 0.15) is 38.5 Å². The SMILES string of the molecule is COCCN(C)C1(CC(=O)O)CCCCC1. The third-order valence-corrected chi connectivity index (χ3v) is 3.71. The molecule has 94 valence electrons. The lowest BCUT2D eigenvalue weighted by Crippen LogP contribution is -2.50. The zero-order valence-corrected chi connectivity index (χ0v) is 10.4. The molecule has 4 nitrogen and oxygen atoms in total. The average molecular weight is 229 g/mol. The van der Waals surface area contributed by atoms with Gasteiger partial charge in [0, 0.05) is 19.2 Å². The van der Waals surface area contributed by atoms with Gasteiger partial charge in [-0.2, -0.15) is 0 Å². The van der Waals surface area contributed by atoms with E-state index in [1.165, 1.54) is 6.42 Å². The van der Waals surface area contributed by atoms with E-state index in [2.05, 4.69) is 4.90 Å². The summed E-state index contributed by atoms with van der Waals surface area (Å²) in [6.45, 7) is 1.47. The van der Waals surface area contributed by atoms with Crippen molar-refractivity contribution in [2.24, 2.45) is 0 Å². The summed E-state index contributed by atoms with van der Waals surface area (Å²) in [4.78, 5) is 13.2. The average Bonchev–Trinajstić information content (AvgIpc) is 2.26. The molecule has 0 amide bonds. The van der Waals surface area contributed by atoms with Crippen LogP contribution in [0.4, 0.5) is 0 Å². The van der Waals surface area contributed by atoms with Crippen LogP contribution in [0, 0.1) is 0 Å². The van der Waals surface area contributed by atoms with Gasteiger partial charge in [-0.05, 0) is 19.9 Å². The molecule has 0 unspecified atom stereocenters. The summed E-state index contributed by atoms with van der Waals surface area (Å²) in [7, 11) is 3.70. The van der Waals surface area contributed by atoms with E-state index >= 15 is 0 Å². The minimum atomic E-state index is -0.689. The van der Waals surface area contributed by atoms with E-state index in [1.54, 1.807) is 7.11 Å². The molecule has 16 heavy (non-hydrogen) atoms. The molecule has 0 radical (unpaired) electrons. The molecule has 0 aliphatic heterocycles. The lowest BCUT2D eigenvalue weighted by molar-refractivity contribution is -0.141. The molecule has 0 saturated heterocycles. The maximum Gasteiger partial charge on any atom is 0.305 e. The summed E-state index contributed by atoms with van der Waals surface area (Å²) < 4.78 is 5.06. The first kappa shape index (κ1) is 13.5. The number of methoxy groups -OCH3 is 1. The number of carbonyl (C=O) groups is 1. The third-order valence-electron chi connectivity index (χ3n) is 3.71. The fraction of sp³-hybridized carbons (Fsp3) is 0.917. The highest BCUT2D eigenvalue weighted by atomic mass is 16.5. The molecule has 1 saturated carbocycles. The second-order valence-corrected chi connectivity index (χ2v) is 4.77. The lowest BCUT2D eigenvalue weighted by atomic mass is 9.78. The first-order valence-electron chi connectivity index (χ1n) is 6.03. The summed E-state index contributed by atoms with van der Waals surface area (Å²) in [5.41, 5.74) is -0.136. The Kier molecular flexibility index (Phi) is 5.22. The minimum Gasteiger partial charge on any atom is -0.481 e. The molecular weight excluding hydrogens is 206 g/mol. The first-order valence-corrected chi connectivity index (χ1v) is 6.03. The van der Waals surface area contributed by atoms with E-state index in [9.17, 15) is 4.79 Å². The molecule has 0 aromatic carbocycles. The van der Waals surface area contributed by atoms with E-state index in [1.807, 2.05) is 7.05 Å². The quantitative estimate of drug-likeness (QED) is 0.753. The minimum absolute atomic E-state index is 0.136.